The van der Waals surface area contributed by atoms with Gasteiger partial charge in [-0.15, -0.1) is 11.8 Å². The predicted molar refractivity (Wildman–Crippen MR) is 127 cm³/mol. The molecule has 2 fully saturated rings. The van der Waals surface area contributed by atoms with Crippen molar-refractivity contribution in [3.63, 3.8) is 0 Å². The Hall–Kier alpha value is -1.81. The minimum Gasteiger partial charge on any atom is -0.349 e. The molecule has 4 heterocycles. The Morgan fingerprint density at radius 2 is 2.06 bits per heavy atom. The van der Waals surface area contributed by atoms with E-state index >= 15 is 0 Å². The molecule has 166 valence electrons. The number of aryl methyl sites for hydroxylation is 1. The van der Waals surface area contributed by atoms with E-state index < -0.39 is 11.6 Å². The fraction of sp³-hybridized carbons (Fsp3) is 0.364. The van der Waals surface area contributed by atoms with Crippen molar-refractivity contribution in [1.29, 1.82) is 0 Å². The average Bonchev–Trinajstić information content (AvgIpc) is 3.26. The first-order valence-corrected chi connectivity index (χ1v) is 13.0. The van der Waals surface area contributed by atoms with E-state index in [4.69, 9.17) is 11.6 Å². The molecule has 0 saturated carbocycles. The van der Waals surface area contributed by atoms with E-state index in [2.05, 4.69) is 15.2 Å². The first kappa shape index (κ1) is 20.8. The molecule has 1 N–H and O–H groups in total. The molecule has 3 aliphatic heterocycles. The highest BCUT2D eigenvalue weighted by atomic mass is 35.5. The highest BCUT2D eigenvalue weighted by Crippen LogP contribution is 2.46. The molecule has 0 bridgehead atoms. The second-order valence-corrected chi connectivity index (χ2v) is 10.7. The molecule has 0 aliphatic carbocycles. The van der Waals surface area contributed by atoms with Gasteiger partial charge in [-0.3, -0.25) is 4.57 Å². The van der Waals surface area contributed by atoms with E-state index in [-0.39, 0.29) is 17.3 Å². The van der Waals surface area contributed by atoms with Crippen molar-refractivity contribution < 1.29 is 8.78 Å². The zero-order valence-corrected chi connectivity index (χ0v) is 19.3. The van der Waals surface area contributed by atoms with Gasteiger partial charge in [-0.1, -0.05) is 11.6 Å². The summed E-state index contributed by atoms with van der Waals surface area (Å²) in [6, 6.07) is 5.90. The number of hydrogen-bond acceptors (Lipinski definition) is 6. The van der Waals surface area contributed by atoms with E-state index in [1.807, 2.05) is 11.8 Å². The fourth-order valence-electron chi connectivity index (χ4n) is 4.96. The molecule has 3 aromatic rings. The summed E-state index contributed by atoms with van der Waals surface area (Å²) in [6.07, 6.45) is 0. The number of thioether (sulfide) groups is 2. The van der Waals surface area contributed by atoms with E-state index in [1.54, 1.807) is 22.4 Å². The number of anilines is 1. The molecular formula is C22H19ClF2N4OS2. The first-order chi connectivity index (χ1) is 15.5. The van der Waals surface area contributed by atoms with Crippen LogP contribution in [0.1, 0.15) is 0 Å². The number of halogens is 3. The van der Waals surface area contributed by atoms with Crippen LogP contribution in [0.15, 0.2) is 34.0 Å². The van der Waals surface area contributed by atoms with Gasteiger partial charge in [0.1, 0.15) is 17.5 Å². The number of nitrogens with one attached hydrogen (secondary N) is 1. The zero-order valence-electron chi connectivity index (χ0n) is 16.9. The summed E-state index contributed by atoms with van der Waals surface area (Å²) in [5.74, 6) is 1.98. The van der Waals surface area contributed by atoms with Crippen LogP contribution >= 0.6 is 35.1 Å². The van der Waals surface area contributed by atoms with Gasteiger partial charge in [0.15, 0.2) is 0 Å². The number of fused-ring (bicyclic) bond motifs is 1. The van der Waals surface area contributed by atoms with Crippen molar-refractivity contribution in [1.82, 2.24) is 14.9 Å². The van der Waals surface area contributed by atoms with Gasteiger partial charge in [-0.25, -0.2) is 13.6 Å². The van der Waals surface area contributed by atoms with Crippen LogP contribution in [-0.4, -0.2) is 52.0 Å². The molecule has 0 spiro atoms. The van der Waals surface area contributed by atoms with Crippen LogP contribution in [0.5, 0.6) is 0 Å². The van der Waals surface area contributed by atoms with Gasteiger partial charge < -0.3 is 10.2 Å². The maximum atomic E-state index is 14.7. The number of piperazine rings is 1. The molecule has 2 saturated heterocycles. The van der Waals surface area contributed by atoms with Crippen LogP contribution in [0.2, 0.25) is 5.02 Å². The van der Waals surface area contributed by atoms with E-state index in [0.29, 0.717) is 34.7 Å². The number of rotatable bonds is 2. The van der Waals surface area contributed by atoms with Crippen molar-refractivity contribution in [2.45, 2.75) is 23.5 Å². The first-order valence-electron chi connectivity index (χ1n) is 10.5. The van der Waals surface area contributed by atoms with Gasteiger partial charge in [0.25, 0.3) is 0 Å². The summed E-state index contributed by atoms with van der Waals surface area (Å²) < 4.78 is 30.0. The average molecular weight is 493 g/mol. The molecular weight excluding hydrogens is 474 g/mol. The van der Waals surface area contributed by atoms with Crippen molar-refractivity contribution in [2.24, 2.45) is 0 Å². The Morgan fingerprint density at radius 3 is 2.91 bits per heavy atom. The van der Waals surface area contributed by atoms with Gasteiger partial charge in [0.05, 0.1) is 16.6 Å². The Balaban J connectivity index is 1.63. The quantitative estimate of drug-likeness (QED) is 0.583. The Kier molecular flexibility index (Phi) is 5.13. The fourth-order valence-corrected chi connectivity index (χ4v) is 7.90. The second kappa shape index (κ2) is 7.90. The van der Waals surface area contributed by atoms with Crippen molar-refractivity contribution in [2.75, 3.05) is 35.2 Å². The highest BCUT2D eigenvalue weighted by Gasteiger charge is 2.38. The Labute approximate surface area is 196 Å². The van der Waals surface area contributed by atoms with E-state index in [1.165, 1.54) is 12.1 Å². The molecule has 0 amide bonds. The van der Waals surface area contributed by atoms with Crippen LogP contribution in [0, 0.1) is 11.6 Å². The highest BCUT2D eigenvalue weighted by molar-refractivity contribution is 7.99. The van der Waals surface area contributed by atoms with Crippen LogP contribution in [0.25, 0.3) is 22.0 Å². The number of nitrogens with zero attached hydrogens (tertiary/aromatic N) is 3. The summed E-state index contributed by atoms with van der Waals surface area (Å²) >= 11 is 10.2. The second-order valence-electron chi connectivity index (χ2n) is 8.16. The van der Waals surface area contributed by atoms with Gasteiger partial charge in [0, 0.05) is 70.4 Å². The van der Waals surface area contributed by atoms with Crippen molar-refractivity contribution in [3.05, 3.63) is 51.4 Å². The van der Waals surface area contributed by atoms with Gasteiger partial charge in [-0.05, 0) is 18.2 Å². The van der Waals surface area contributed by atoms with Gasteiger partial charge in [0.2, 0.25) is 0 Å². The molecule has 6 rings (SSSR count). The lowest BCUT2D eigenvalue weighted by molar-refractivity contribution is 0.423. The third-order valence-electron chi connectivity index (χ3n) is 6.39. The van der Waals surface area contributed by atoms with Gasteiger partial charge in [-0.2, -0.15) is 16.7 Å². The Morgan fingerprint density at radius 1 is 1.19 bits per heavy atom. The predicted octanol–water partition coefficient (Wildman–Crippen LogP) is 3.99. The van der Waals surface area contributed by atoms with Crippen molar-refractivity contribution in [3.8, 4) is 11.1 Å². The third kappa shape index (κ3) is 3.16. The minimum atomic E-state index is -0.676. The monoisotopic (exact) mass is 492 g/mol. The molecule has 10 heteroatoms. The maximum absolute atomic E-state index is 14.7. The van der Waals surface area contributed by atoms with Crippen LogP contribution in [0.3, 0.4) is 0 Å². The van der Waals surface area contributed by atoms with Crippen molar-refractivity contribution >= 4 is 51.8 Å². The number of aromatic nitrogens is 2. The molecule has 0 radical (unpaired) electrons. The lowest BCUT2D eigenvalue weighted by atomic mass is 10.0. The van der Waals surface area contributed by atoms with Crippen LogP contribution < -0.4 is 15.9 Å². The lowest BCUT2D eigenvalue weighted by Gasteiger charge is -2.39. The minimum absolute atomic E-state index is 0.231. The normalized spacial score (nSPS) is 22.4. The molecule has 32 heavy (non-hydrogen) atoms. The summed E-state index contributed by atoms with van der Waals surface area (Å²) in [4.78, 5) is 20.6. The zero-order chi connectivity index (χ0) is 22.0. The molecule has 1 aromatic heterocycles. The largest absolute Gasteiger partial charge is 0.350 e. The summed E-state index contributed by atoms with van der Waals surface area (Å²) in [5, 5.41) is 4.74. The molecule has 2 aromatic carbocycles. The number of hydrogen-bond donors (Lipinski definition) is 1. The van der Waals surface area contributed by atoms with Crippen LogP contribution in [0.4, 0.5) is 14.6 Å². The smallest absolute Gasteiger partial charge is 0.349 e. The standard InChI is InChI=1S/C22H19ClF2N4OS2/c23-14-8-13-19-20(18(14)12-2-1-11(24)7-15(12)25)32-6-5-29(19)22(30)27-21(13)28-4-3-26-16-9-31-10-17(16)28/h1-2,7-8,16-17,26H,3-6,9-10H2/t16-,17+/m0/s1. The topological polar surface area (TPSA) is 50.2 Å². The summed E-state index contributed by atoms with van der Waals surface area (Å²) in [6.45, 7) is 2.10. The maximum Gasteiger partial charge on any atom is 0.350 e. The van der Waals surface area contributed by atoms with Gasteiger partial charge >= 0.3 is 5.69 Å². The molecule has 2 atom stereocenters. The Bertz CT molecular complexity index is 1320. The lowest BCUT2D eigenvalue weighted by Crippen LogP contribution is -2.58. The van der Waals surface area contributed by atoms with E-state index in [0.717, 1.165) is 46.5 Å². The third-order valence-corrected chi connectivity index (χ3v) is 8.94. The SMILES string of the molecule is O=c1nc(N2CCN[C@H]3CSC[C@H]32)c2cc(Cl)c(-c3ccc(F)cc3F)c3c2n1CCS3. The van der Waals surface area contributed by atoms with Crippen LogP contribution in [-0.2, 0) is 6.54 Å². The van der Waals surface area contributed by atoms with E-state index in [9.17, 15) is 13.6 Å². The molecule has 0 unspecified atom stereocenters. The number of benzene rings is 2. The summed E-state index contributed by atoms with van der Waals surface area (Å²) in [7, 11) is 0. The summed E-state index contributed by atoms with van der Waals surface area (Å²) in [5.41, 5.74) is 1.17. The molecule has 5 nitrogen and oxygen atoms in total. The molecule has 3 aliphatic rings.